The van der Waals surface area contributed by atoms with Crippen LogP contribution in [-0.2, 0) is 0 Å². The molecule has 0 amide bonds. The lowest BCUT2D eigenvalue weighted by Crippen LogP contribution is -2.11. The van der Waals surface area contributed by atoms with Gasteiger partial charge in [-0.3, -0.25) is 4.99 Å². The van der Waals surface area contributed by atoms with Crippen LogP contribution in [0.15, 0.2) is 34.2 Å². The Kier molecular flexibility index (Phi) is 1.93. The van der Waals surface area contributed by atoms with E-state index in [1.54, 1.807) is 0 Å². The van der Waals surface area contributed by atoms with E-state index >= 15 is 0 Å². The molecule has 0 saturated heterocycles. The van der Waals surface area contributed by atoms with Crippen LogP contribution < -0.4 is 0 Å². The summed E-state index contributed by atoms with van der Waals surface area (Å²) in [7, 11) is 0. The number of nitrogens with zero attached hydrogens (tertiary/aromatic N) is 1. The minimum absolute atomic E-state index is 0.528. The lowest BCUT2D eigenvalue weighted by molar-refractivity contribution is 1.21. The Labute approximate surface area is 76.9 Å². The van der Waals surface area contributed by atoms with E-state index in [0.717, 1.165) is 5.69 Å². The molecule has 62 valence electrons. The highest BCUT2D eigenvalue weighted by atomic mass is 32.2. The Balaban J connectivity index is 2.49. The van der Waals surface area contributed by atoms with Crippen molar-refractivity contribution in [2.45, 2.75) is 24.0 Å². The zero-order valence-electron chi connectivity index (χ0n) is 7.24. The minimum Gasteiger partial charge on any atom is -0.256 e. The number of aliphatic imine (C=N–C) groups is 1. The molecule has 0 N–H and O–H groups in total. The third kappa shape index (κ3) is 1.27. The highest BCUT2D eigenvalue weighted by Gasteiger charge is 2.15. The molecule has 0 fully saturated rings. The molecule has 12 heavy (non-hydrogen) atoms. The van der Waals surface area contributed by atoms with Gasteiger partial charge < -0.3 is 0 Å². The van der Waals surface area contributed by atoms with Crippen molar-refractivity contribution in [3.63, 3.8) is 0 Å². The van der Waals surface area contributed by atoms with Crippen LogP contribution in [0.2, 0.25) is 0 Å². The lowest BCUT2D eigenvalue weighted by atomic mass is 10.3. The second-order valence-electron chi connectivity index (χ2n) is 2.98. The third-order valence-corrected chi connectivity index (χ3v) is 3.35. The smallest absolute Gasteiger partial charge is 0.0765 e. The minimum atomic E-state index is 0.528. The van der Waals surface area contributed by atoms with Gasteiger partial charge in [-0.15, -0.1) is 11.8 Å². The lowest BCUT2D eigenvalue weighted by Gasteiger charge is -2.18. The number of benzene rings is 1. The maximum Gasteiger partial charge on any atom is 0.0765 e. The second-order valence-corrected chi connectivity index (χ2v) is 4.36. The molecule has 0 aliphatic carbocycles. The Morgan fingerprint density at radius 2 is 2.08 bits per heavy atom. The Hall–Kier alpha value is -0.760. The molecule has 0 saturated carbocycles. The van der Waals surface area contributed by atoms with Crippen LogP contribution in [0.1, 0.15) is 13.8 Å². The largest absolute Gasteiger partial charge is 0.256 e. The first-order valence-electron chi connectivity index (χ1n) is 4.08. The molecule has 2 heteroatoms. The van der Waals surface area contributed by atoms with E-state index in [1.165, 1.54) is 10.6 Å². The van der Waals surface area contributed by atoms with Crippen molar-refractivity contribution >= 4 is 23.2 Å². The van der Waals surface area contributed by atoms with Crippen LogP contribution in [0.5, 0.6) is 0 Å². The zero-order valence-corrected chi connectivity index (χ0v) is 8.06. The van der Waals surface area contributed by atoms with Gasteiger partial charge in [-0.25, -0.2) is 0 Å². The molecule has 1 aromatic carbocycles. The molecule has 1 aromatic rings. The third-order valence-electron chi connectivity index (χ3n) is 2.05. The Morgan fingerprint density at radius 3 is 2.92 bits per heavy atom. The van der Waals surface area contributed by atoms with Crippen molar-refractivity contribution in [1.82, 2.24) is 0 Å². The van der Waals surface area contributed by atoms with Crippen LogP contribution in [0.3, 0.4) is 0 Å². The van der Waals surface area contributed by atoms with E-state index in [-0.39, 0.29) is 0 Å². The number of rotatable bonds is 0. The first kappa shape index (κ1) is 7.87. The Morgan fingerprint density at radius 1 is 1.33 bits per heavy atom. The van der Waals surface area contributed by atoms with Gasteiger partial charge in [-0.05, 0) is 26.0 Å². The highest BCUT2D eigenvalue weighted by molar-refractivity contribution is 8.00. The number of para-hydroxylation sites is 1. The van der Waals surface area contributed by atoms with Crippen LogP contribution in [0.4, 0.5) is 5.69 Å². The summed E-state index contributed by atoms with van der Waals surface area (Å²) in [4.78, 5) is 5.82. The number of thioether (sulfide) groups is 1. The fourth-order valence-corrected chi connectivity index (χ4v) is 2.20. The van der Waals surface area contributed by atoms with Crippen molar-refractivity contribution in [3.05, 3.63) is 24.3 Å². The molecule has 1 nitrogen and oxygen atoms in total. The quantitative estimate of drug-likeness (QED) is 0.592. The van der Waals surface area contributed by atoms with E-state index in [2.05, 4.69) is 37.0 Å². The fourth-order valence-electron chi connectivity index (χ4n) is 1.21. The van der Waals surface area contributed by atoms with Crippen molar-refractivity contribution in [1.29, 1.82) is 0 Å². The first-order valence-corrected chi connectivity index (χ1v) is 4.96. The van der Waals surface area contributed by atoms with Gasteiger partial charge in [0.05, 0.1) is 5.69 Å². The molecule has 0 spiro atoms. The van der Waals surface area contributed by atoms with Gasteiger partial charge in [-0.2, -0.15) is 0 Å². The van der Waals surface area contributed by atoms with Gasteiger partial charge in [0.1, 0.15) is 0 Å². The fraction of sp³-hybridized carbons (Fsp3) is 0.300. The SMILES string of the molecule is CC1=Nc2ccccc2SC1C. The Bertz CT molecular complexity index is 330. The van der Waals surface area contributed by atoms with Crippen LogP contribution in [0, 0.1) is 0 Å². The maximum atomic E-state index is 4.52. The van der Waals surface area contributed by atoms with Gasteiger partial charge in [0.15, 0.2) is 0 Å². The molecular formula is C10H11NS. The number of hydrogen-bond donors (Lipinski definition) is 0. The summed E-state index contributed by atoms with van der Waals surface area (Å²) in [6.07, 6.45) is 0. The van der Waals surface area contributed by atoms with Crippen molar-refractivity contribution in [3.8, 4) is 0 Å². The van der Waals surface area contributed by atoms with Gasteiger partial charge in [0.25, 0.3) is 0 Å². The molecule has 1 atom stereocenters. The molecule has 1 heterocycles. The van der Waals surface area contributed by atoms with E-state index < -0.39 is 0 Å². The maximum absolute atomic E-state index is 4.52. The molecular weight excluding hydrogens is 166 g/mol. The topological polar surface area (TPSA) is 12.4 Å². The summed E-state index contributed by atoms with van der Waals surface area (Å²) in [5.74, 6) is 0. The highest BCUT2D eigenvalue weighted by Crippen LogP contribution is 2.36. The molecule has 0 bridgehead atoms. The van der Waals surface area contributed by atoms with Gasteiger partial charge in [0, 0.05) is 15.9 Å². The van der Waals surface area contributed by atoms with E-state index in [9.17, 15) is 0 Å². The predicted molar refractivity (Wildman–Crippen MR) is 54.5 cm³/mol. The van der Waals surface area contributed by atoms with E-state index in [4.69, 9.17) is 0 Å². The molecule has 1 aliphatic heterocycles. The molecule has 2 rings (SSSR count). The van der Waals surface area contributed by atoms with Crippen molar-refractivity contribution in [2.75, 3.05) is 0 Å². The summed E-state index contributed by atoms with van der Waals surface area (Å²) >= 11 is 1.89. The van der Waals surface area contributed by atoms with E-state index in [0.29, 0.717) is 5.25 Å². The van der Waals surface area contributed by atoms with Crippen LogP contribution in [-0.4, -0.2) is 11.0 Å². The van der Waals surface area contributed by atoms with Gasteiger partial charge in [0.2, 0.25) is 0 Å². The summed E-state index contributed by atoms with van der Waals surface area (Å²) in [5, 5.41) is 0.528. The predicted octanol–water partition coefficient (Wildman–Crippen LogP) is 3.27. The van der Waals surface area contributed by atoms with Crippen LogP contribution in [0.25, 0.3) is 0 Å². The molecule has 1 aliphatic rings. The van der Waals surface area contributed by atoms with Gasteiger partial charge in [-0.1, -0.05) is 12.1 Å². The number of fused-ring (bicyclic) bond motifs is 1. The summed E-state index contributed by atoms with van der Waals surface area (Å²) in [6, 6.07) is 8.30. The normalized spacial score (nSPS) is 21.5. The van der Waals surface area contributed by atoms with Crippen LogP contribution >= 0.6 is 11.8 Å². The van der Waals surface area contributed by atoms with E-state index in [1.807, 2.05) is 17.8 Å². The van der Waals surface area contributed by atoms with Gasteiger partial charge >= 0.3 is 0 Å². The average Bonchev–Trinajstić information content (AvgIpc) is 2.07. The summed E-state index contributed by atoms with van der Waals surface area (Å²) < 4.78 is 0. The number of hydrogen-bond acceptors (Lipinski definition) is 2. The van der Waals surface area contributed by atoms with Crippen molar-refractivity contribution < 1.29 is 0 Å². The molecule has 0 aromatic heterocycles. The summed E-state index contributed by atoms with van der Waals surface area (Å²) in [5.41, 5.74) is 2.34. The zero-order chi connectivity index (χ0) is 8.55. The molecule has 1 unspecified atom stereocenters. The average molecular weight is 177 g/mol. The standard InChI is InChI=1S/C10H11NS/c1-7-8(2)12-10-6-4-3-5-9(10)11-7/h3-6,8H,1-2H3. The first-order chi connectivity index (χ1) is 5.77. The second kappa shape index (κ2) is 2.94. The summed E-state index contributed by atoms with van der Waals surface area (Å²) in [6.45, 7) is 4.28. The molecule has 0 radical (unpaired) electrons. The monoisotopic (exact) mass is 177 g/mol. The van der Waals surface area contributed by atoms with Crippen molar-refractivity contribution in [2.24, 2.45) is 4.99 Å².